The lowest BCUT2D eigenvalue weighted by atomic mass is 10.1. The van der Waals surface area contributed by atoms with Crippen molar-refractivity contribution in [1.29, 1.82) is 5.26 Å². The Bertz CT molecular complexity index is 1720. The number of hydrogen-bond donors (Lipinski definition) is 3. The van der Waals surface area contributed by atoms with Gasteiger partial charge in [-0.2, -0.15) is 5.26 Å². The molecule has 1 amide bonds. The van der Waals surface area contributed by atoms with Crippen molar-refractivity contribution >= 4 is 28.3 Å². The van der Waals surface area contributed by atoms with Crippen LogP contribution in [-0.4, -0.2) is 47.9 Å². The van der Waals surface area contributed by atoms with Gasteiger partial charge in [0.2, 0.25) is 5.78 Å². The van der Waals surface area contributed by atoms with Crippen LogP contribution in [0.25, 0.3) is 10.9 Å². The van der Waals surface area contributed by atoms with Crippen molar-refractivity contribution in [3.8, 4) is 17.6 Å². The Morgan fingerprint density at radius 1 is 1.10 bits per heavy atom. The van der Waals surface area contributed by atoms with Gasteiger partial charge in [0, 0.05) is 35.2 Å². The summed E-state index contributed by atoms with van der Waals surface area (Å²) >= 11 is 0. The Kier molecular flexibility index (Phi) is 7.85. The van der Waals surface area contributed by atoms with Gasteiger partial charge in [0.15, 0.2) is 0 Å². The number of nitrogens with one attached hydrogen (secondary N) is 2. The second-order valence-corrected chi connectivity index (χ2v) is 9.56. The molecule has 0 spiro atoms. The van der Waals surface area contributed by atoms with Gasteiger partial charge in [-0.1, -0.05) is 24.8 Å². The number of rotatable bonds is 8. The number of aromatic amines is 1. The molecule has 0 saturated carbocycles. The molecule has 1 aliphatic heterocycles. The van der Waals surface area contributed by atoms with Crippen LogP contribution in [0.5, 0.6) is 11.5 Å². The van der Waals surface area contributed by atoms with Crippen LogP contribution in [0, 0.1) is 18.3 Å². The van der Waals surface area contributed by atoms with Crippen LogP contribution in [0.1, 0.15) is 32.0 Å². The van der Waals surface area contributed by atoms with E-state index in [2.05, 4.69) is 22.9 Å². The molecule has 0 bridgehead atoms. The monoisotopic (exact) mass is 547 g/mol. The maximum absolute atomic E-state index is 13.5. The predicted octanol–water partition coefficient (Wildman–Crippen LogP) is 5.26. The van der Waals surface area contributed by atoms with Gasteiger partial charge < -0.3 is 30.4 Å². The Morgan fingerprint density at radius 3 is 2.59 bits per heavy atom. The smallest absolute Gasteiger partial charge is 0.254 e. The predicted molar refractivity (Wildman–Crippen MR) is 157 cm³/mol. The second-order valence-electron chi connectivity index (χ2n) is 9.56. The topological polar surface area (TPSA) is 133 Å². The summed E-state index contributed by atoms with van der Waals surface area (Å²) in [5, 5.41) is 12.9. The standard InChI is InChI=1S/C32H29N5O4/c1-3-24(31(34)36-27-11-10-23(16-20(27)2)41-22-7-4-6-21(17-22)19-33)30(38)29-18-26-25(8-5-9-28(26)35-29)32(39)37-12-14-40-15-13-37/h3-11,16-18,35-36H,1,12-15,34H2,2H3/b31-24+. The summed E-state index contributed by atoms with van der Waals surface area (Å²) in [6.07, 6.45) is 1.41. The lowest BCUT2D eigenvalue weighted by Crippen LogP contribution is -2.40. The zero-order valence-electron chi connectivity index (χ0n) is 22.6. The SMILES string of the molecule is C=C/C(C(=O)c1cc2c(C(=O)N3CCOCC3)cccc2[nH]1)=C(/N)Nc1ccc(Oc2cccc(C#N)c2)cc1C. The number of ether oxygens (including phenoxy) is 2. The molecule has 1 saturated heterocycles. The first-order valence-corrected chi connectivity index (χ1v) is 13.1. The van der Waals surface area contributed by atoms with Crippen LogP contribution in [0.2, 0.25) is 0 Å². The van der Waals surface area contributed by atoms with Gasteiger partial charge in [-0.05, 0) is 67.1 Å². The van der Waals surface area contributed by atoms with Gasteiger partial charge >= 0.3 is 0 Å². The first-order valence-electron chi connectivity index (χ1n) is 13.1. The lowest BCUT2D eigenvalue weighted by molar-refractivity contribution is 0.0304. The van der Waals surface area contributed by atoms with Gasteiger partial charge in [0.25, 0.3) is 5.91 Å². The Hall–Kier alpha value is -5.33. The van der Waals surface area contributed by atoms with Crippen LogP contribution >= 0.6 is 0 Å². The lowest BCUT2D eigenvalue weighted by Gasteiger charge is -2.27. The number of amides is 1. The van der Waals surface area contributed by atoms with Gasteiger partial charge in [-0.15, -0.1) is 0 Å². The molecule has 2 heterocycles. The largest absolute Gasteiger partial charge is 0.457 e. The number of morpholine rings is 1. The fraction of sp³-hybridized carbons (Fsp3) is 0.156. The van der Waals surface area contributed by atoms with Crippen molar-refractivity contribution in [3.05, 3.63) is 113 Å². The molecule has 206 valence electrons. The summed E-state index contributed by atoms with van der Waals surface area (Å²) in [4.78, 5) is 31.6. The summed E-state index contributed by atoms with van der Waals surface area (Å²) in [5.74, 6) is 0.813. The molecule has 0 unspecified atom stereocenters. The number of anilines is 1. The minimum absolute atomic E-state index is 0.0989. The molecule has 1 aliphatic rings. The van der Waals surface area contributed by atoms with E-state index in [-0.39, 0.29) is 23.1 Å². The summed E-state index contributed by atoms with van der Waals surface area (Å²) in [6, 6.07) is 21.4. The van der Waals surface area contributed by atoms with Crippen molar-refractivity contribution in [2.75, 3.05) is 31.6 Å². The molecule has 3 aromatic carbocycles. The third kappa shape index (κ3) is 5.83. The number of aryl methyl sites for hydroxylation is 1. The highest BCUT2D eigenvalue weighted by Crippen LogP contribution is 2.28. The fourth-order valence-corrected chi connectivity index (χ4v) is 4.69. The number of aromatic nitrogens is 1. The molecule has 9 nitrogen and oxygen atoms in total. The molecule has 5 rings (SSSR count). The van der Waals surface area contributed by atoms with Crippen LogP contribution in [-0.2, 0) is 4.74 Å². The number of hydrogen-bond acceptors (Lipinski definition) is 7. The van der Waals surface area contributed by atoms with E-state index in [0.29, 0.717) is 71.2 Å². The van der Waals surface area contributed by atoms with E-state index in [4.69, 9.17) is 20.5 Å². The molecule has 1 fully saturated rings. The van der Waals surface area contributed by atoms with Crippen LogP contribution in [0.4, 0.5) is 5.69 Å². The zero-order chi connectivity index (χ0) is 28.9. The molecule has 1 aromatic heterocycles. The maximum atomic E-state index is 13.5. The Morgan fingerprint density at radius 2 is 1.85 bits per heavy atom. The molecule has 41 heavy (non-hydrogen) atoms. The second kappa shape index (κ2) is 11.8. The molecule has 0 aliphatic carbocycles. The molecule has 0 atom stereocenters. The van der Waals surface area contributed by atoms with E-state index in [1.165, 1.54) is 6.08 Å². The van der Waals surface area contributed by atoms with Gasteiger partial charge in [0.1, 0.15) is 17.3 Å². The number of nitrogens with two attached hydrogens (primary N) is 1. The van der Waals surface area contributed by atoms with E-state index in [0.717, 1.165) is 5.56 Å². The van der Waals surface area contributed by atoms with Crippen LogP contribution in [0.3, 0.4) is 0 Å². The number of H-pyrrole nitrogens is 1. The summed E-state index contributed by atoms with van der Waals surface area (Å²) in [5.41, 5.74) is 10.1. The van der Waals surface area contributed by atoms with Crippen molar-refractivity contribution in [2.45, 2.75) is 6.92 Å². The zero-order valence-corrected chi connectivity index (χ0v) is 22.6. The van der Waals surface area contributed by atoms with Crippen molar-refractivity contribution in [1.82, 2.24) is 9.88 Å². The number of Topliss-reactive ketones (excluding diaryl/α,β-unsaturated/α-hetero) is 1. The van der Waals surface area contributed by atoms with Crippen LogP contribution in [0.15, 0.2) is 90.8 Å². The van der Waals surface area contributed by atoms with Crippen molar-refractivity contribution in [3.63, 3.8) is 0 Å². The average Bonchev–Trinajstić information content (AvgIpc) is 3.44. The normalized spacial score (nSPS) is 13.7. The van der Waals surface area contributed by atoms with Crippen LogP contribution < -0.4 is 15.8 Å². The Labute approximate surface area is 237 Å². The number of ketones is 1. The van der Waals surface area contributed by atoms with Gasteiger partial charge in [0.05, 0.1) is 36.1 Å². The number of allylic oxidation sites excluding steroid dienone is 2. The first-order chi connectivity index (χ1) is 19.9. The summed E-state index contributed by atoms with van der Waals surface area (Å²) < 4.78 is 11.3. The minimum atomic E-state index is -0.360. The highest BCUT2D eigenvalue weighted by molar-refractivity contribution is 6.14. The fourth-order valence-electron chi connectivity index (χ4n) is 4.69. The first kappa shape index (κ1) is 27.2. The molecule has 4 N–H and O–H groups in total. The highest BCUT2D eigenvalue weighted by atomic mass is 16.5. The van der Waals surface area contributed by atoms with Crippen molar-refractivity contribution < 1.29 is 19.1 Å². The van der Waals surface area contributed by atoms with E-state index in [9.17, 15) is 9.59 Å². The Balaban J connectivity index is 1.37. The molecule has 4 aromatic rings. The summed E-state index contributed by atoms with van der Waals surface area (Å²) in [6.45, 7) is 7.74. The number of carbonyl (C=O) groups is 2. The van der Waals surface area contributed by atoms with Gasteiger partial charge in [-0.25, -0.2) is 0 Å². The quantitative estimate of drug-likeness (QED) is 0.156. The third-order valence-electron chi connectivity index (χ3n) is 6.84. The number of fused-ring (bicyclic) bond motifs is 1. The summed E-state index contributed by atoms with van der Waals surface area (Å²) in [7, 11) is 0. The number of carbonyl (C=O) groups excluding carboxylic acids is 2. The highest BCUT2D eigenvalue weighted by Gasteiger charge is 2.23. The van der Waals surface area contributed by atoms with Crippen molar-refractivity contribution in [2.24, 2.45) is 5.73 Å². The van der Waals surface area contributed by atoms with Gasteiger partial charge in [-0.3, -0.25) is 9.59 Å². The minimum Gasteiger partial charge on any atom is -0.457 e. The maximum Gasteiger partial charge on any atom is 0.254 e. The molecular weight excluding hydrogens is 518 g/mol. The molecule has 0 radical (unpaired) electrons. The third-order valence-corrected chi connectivity index (χ3v) is 6.84. The van der Waals surface area contributed by atoms with E-state index in [1.807, 2.05) is 19.1 Å². The average molecular weight is 548 g/mol. The molecule has 9 heteroatoms. The number of nitrogens with zero attached hydrogens (tertiary/aromatic N) is 2. The van der Waals surface area contributed by atoms with E-state index < -0.39 is 0 Å². The number of nitriles is 1. The van der Waals surface area contributed by atoms with E-state index >= 15 is 0 Å². The number of benzene rings is 3. The van der Waals surface area contributed by atoms with E-state index in [1.54, 1.807) is 59.5 Å². The molecular formula is C32H29N5O4.